The molecule has 0 aliphatic rings. The van der Waals surface area contributed by atoms with Gasteiger partial charge in [0, 0.05) is 24.5 Å². The van der Waals surface area contributed by atoms with Gasteiger partial charge in [0.05, 0.1) is 6.42 Å². The molecule has 2 aromatic rings. The lowest BCUT2D eigenvalue weighted by molar-refractivity contribution is -0.120. The van der Waals surface area contributed by atoms with Gasteiger partial charge < -0.3 is 5.32 Å². The summed E-state index contributed by atoms with van der Waals surface area (Å²) in [6, 6.07) is 9.96. The molecule has 0 saturated carbocycles. The third-order valence-corrected chi connectivity index (χ3v) is 2.55. The van der Waals surface area contributed by atoms with Crippen LogP contribution in [-0.4, -0.2) is 10.9 Å². The van der Waals surface area contributed by atoms with Crippen LogP contribution < -0.4 is 5.32 Å². The van der Waals surface area contributed by atoms with Gasteiger partial charge in [-0.2, -0.15) is 0 Å². The molecule has 18 heavy (non-hydrogen) atoms. The van der Waals surface area contributed by atoms with E-state index in [1.807, 2.05) is 0 Å². The maximum Gasteiger partial charge on any atom is 0.224 e. The number of pyridine rings is 1. The molecule has 1 heterocycles. The largest absolute Gasteiger partial charge is 0.352 e. The van der Waals surface area contributed by atoms with Crippen molar-refractivity contribution < 1.29 is 9.18 Å². The zero-order valence-corrected chi connectivity index (χ0v) is 9.77. The fourth-order valence-electron chi connectivity index (χ4n) is 1.58. The van der Waals surface area contributed by atoms with E-state index in [2.05, 4.69) is 10.3 Å². The summed E-state index contributed by atoms with van der Waals surface area (Å²) in [6.45, 7) is 0.205. The first-order chi connectivity index (χ1) is 8.75. The van der Waals surface area contributed by atoms with Gasteiger partial charge in [-0.25, -0.2) is 4.39 Å². The Bertz CT molecular complexity index is 528. The fraction of sp³-hybridized carbons (Fsp3) is 0.143. The van der Waals surface area contributed by atoms with Gasteiger partial charge in [0.2, 0.25) is 5.91 Å². The zero-order chi connectivity index (χ0) is 12.8. The first-order valence-corrected chi connectivity index (χ1v) is 5.65. The van der Waals surface area contributed by atoms with Gasteiger partial charge >= 0.3 is 0 Å². The molecule has 0 bridgehead atoms. The molecule has 2 rings (SSSR count). The second kappa shape index (κ2) is 5.91. The number of hydrogen-bond donors (Lipinski definition) is 1. The maximum absolute atomic E-state index is 13.3. The van der Waals surface area contributed by atoms with Gasteiger partial charge in [-0.1, -0.05) is 18.2 Å². The number of halogens is 1. The highest BCUT2D eigenvalue weighted by atomic mass is 19.1. The van der Waals surface area contributed by atoms with Crippen molar-refractivity contribution in [2.45, 2.75) is 13.0 Å². The number of amides is 1. The van der Waals surface area contributed by atoms with Crippen LogP contribution in [0.4, 0.5) is 4.39 Å². The molecular formula is C14H13FN2O. The molecule has 1 aromatic carbocycles. The molecule has 1 amide bonds. The number of hydrogen-bond acceptors (Lipinski definition) is 2. The van der Waals surface area contributed by atoms with Gasteiger partial charge in [0.15, 0.2) is 0 Å². The first kappa shape index (κ1) is 12.2. The van der Waals surface area contributed by atoms with Crippen LogP contribution in [0.25, 0.3) is 0 Å². The Balaban J connectivity index is 1.88. The van der Waals surface area contributed by atoms with E-state index in [9.17, 15) is 9.18 Å². The smallest absolute Gasteiger partial charge is 0.224 e. The minimum Gasteiger partial charge on any atom is -0.352 e. The molecule has 1 aromatic heterocycles. The second-order valence-electron chi connectivity index (χ2n) is 3.90. The Labute approximate surface area is 105 Å². The number of nitrogens with zero attached hydrogens (tertiary/aromatic N) is 1. The van der Waals surface area contributed by atoms with Crippen molar-refractivity contribution in [3.63, 3.8) is 0 Å². The summed E-state index contributed by atoms with van der Waals surface area (Å²) >= 11 is 0. The Morgan fingerprint density at radius 1 is 1.17 bits per heavy atom. The predicted octanol–water partition coefficient (Wildman–Crippen LogP) is 2.08. The van der Waals surface area contributed by atoms with Gasteiger partial charge in [-0.3, -0.25) is 9.78 Å². The van der Waals surface area contributed by atoms with Crippen LogP contribution in [0, 0.1) is 5.82 Å². The van der Waals surface area contributed by atoms with Crippen LogP contribution in [0.1, 0.15) is 11.1 Å². The summed E-state index contributed by atoms with van der Waals surface area (Å²) in [5.74, 6) is -0.439. The highest BCUT2D eigenvalue weighted by molar-refractivity contribution is 5.78. The summed E-state index contributed by atoms with van der Waals surface area (Å²) < 4.78 is 13.3. The lowest BCUT2D eigenvalue weighted by Crippen LogP contribution is -2.24. The van der Waals surface area contributed by atoms with Crippen LogP contribution in [0.15, 0.2) is 48.8 Å². The van der Waals surface area contributed by atoms with Crippen LogP contribution in [0.2, 0.25) is 0 Å². The molecule has 0 aliphatic heterocycles. The number of carbonyl (C=O) groups excluding carboxylic acids is 1. The van der Waals surface area contributed by atoms with Gasteiger partial charge in [0.1, 0.15) is 5.82 Å². The number of benzene rings is 1. The standard InChI is InChI=1S/C14H13FN2O/c15-13-4-2-1-3-12(13)10-17-14(18)9-11-5-7-16-8-6-11/h1-8H,9-10H2,(H,17,18). The molecule has 0 spiro atoms. The van der Waals surface area contributed by atoms with Crippen LogP contribution in [-0.2, 0) is 17.8 Å². The summed E-state index contributed by atoms with van der Waals surface area (Å²) in [4.78, 5) is 15.5. The molecule has 0 saturated heterocycles. The Hall–Kier alpha value is -2.23. The molecule has 0 unspecified atom stereocenters. The summed E-state index contributed by atoms with van der Waals surface area (Å²) in [5.41, 5.74) is 1.37. The van der Waals surface area contributed by atoms with E-state index < -0.39 is 0 Å². The van der Waals surface area contributed by atoms with E-state index in [1.54, 1.807) is 42.7 Å². The van der Waals surface area contributed by atoms with E-state index in [0.29, 0.717) is 5.56 Å². The fourth-order valence-corrected chi connectivity index (χ4v) is 1.58. The van der Waals surface area contributed by atoms with E-state index >= 15 is 0 Å². The van der Waals surface area contributed by atoms with E-state index in [1.165, 1.54) is 6.07 Å². The van der Waals surface area contributed by atoms with Crippen molar-refractivity contribution >= 4 is 5.91 Å². The quantitative estimate of drug-likeness (QED) is 0.894. The second-order valence-corrected chi connectivity index (χ2v) is 3.90. The molecule has 92 valence electrons. The molecule has 1 N–H and O–H groups in total. The summed E-state index contributed by atoms with van der Waals surface area (Å²) in [5, 5.41) is 2.69. The van der Waals surface area contributed by atoms with E-state index in [-0.39, 0.29) is 24.7 Å². The van der Waals surface area contributed by atoms with Gasteiger partial charge in [-0.05, 0) is 23.8 Å². The molecule has 0 radical (unpaired) electrons. The molecule has 0 aliphatic carbocycles. The molecular weight excluding hydrogens is 231 g/mol. The van der Waals surface area contributed by atoms with Gasteiger partial charge in [0.25, 0.3) is 0 Å². The van der Waals surface area contributed by atoms with Crippen LogP contribution in [0.5, 0.6) is 0 Å². The van der Waals surface area contributed by atoms with Crippen molar-refractivity contribution in [1.82, 2.24) is 10.3 Å². The molecule has 0 fully saturated rings. The topological polar surface area (TPSA) is 42.0 Å². The highest BCUT2D eigenvalue weighted by Gasteiger charge is 2.05. The Morgan fingerprint density at radius 2 is 1.89 bits per heavy atom. The first-order valence-electron chi connectivity index (χ1n) is 5.65. The number of rotatable bonds is 4. The highest BCUT2D eigenvalue weighted by Crippen LogP contribution is 2.05. The minimum absolute atomic E-state index is 0.135. The number of carbonyl (C=O) groups is 1. The van der Waals surface area contributed by atoms with Crippen LogP contribution >= 0.6 is 0 Å². The van der Waals surface area contributed by atoms with E-state index in [4.69, 9.17) is 0 Å². The Morgan fingerprint density at radius 3 is 2.61 bits per heavy atom. The average molecular weight is 244 g/mol. The number of aromatic nitrogens is 1. The summed E-state index contributed by atoms with van der Waals surface area (Å²) in [7, 11) is 0. The van der Waals surface area contributed by atoms with Crippen molar-refractivity contribution in [3.05, 3.63) is 65.7 Å². The Kier molecular flexibility index (Phi) is 4.02. The summed E-state index contributed by atoms with van der Waals surface area (Å²) in [6.07, 6.45) is 3.55. The molecule has 3 nitrogen and oxygen atoms in total. The normalized spacial score (nSPS) is 10.1. The average Bonchev–Trinajstić information content (AvgIpc) is 2.39. The third kappa shape index (κ3) is 3.38. The van der Waals surface area contributed by atoms with Crippen molar-refractivity contribution in [3.8, 4) is 0 Å². The zero-order valence-electron chi connectivity index (χ0n) is 9.77. The maximum atomic E-state index is 13.3. The van der Waals surface area contributed by atoms with Crippen molar-refractivity contribution in [2.75, 3.05) is 0 Å². The lowest BCUT2D eigenvalue weighted by atomic mass is 10.2. The van der Waals surface area contributed by atoms with Crippen molar-refractivity contribution in [2.24, 2.45) is 0 Å². The minimum atomic E-state index is -0.304. The van der Waals surface area contributed by atoms with Gasteiger partial charge in [-0.15, -0.1) is 0 Å². The SMILES string of the molecule is O=C(Cc1ccncc1)NCc1ccccc1F. The predicted molar refractivity (Wildman–Crippen MR) is 66.2 cm³/mol. The van der Waals surface area contributed by atoms with Crippen LogP contribution in [0.3, 0.4) is 0 Å². The number of nitrogens with one attached hydrogen (secondary N) is 1. The molecule has 4 heteroatoms. The lowest BCUT2D eigenvalue weighted by Gasteiger charge is -2.06. The molecule has 0 atom stereocenters. The van der Waals surface area contributed by atoms with Crippen molar-refractivity contribution in [1.29, 1.82) is 0 Å². The third-order valence-electron chi connectivity index (χ3n) is 2.55. The van der Waals surface area contributed by atoms with E-state index in [0.717, 1.165) is 5.56 Å². The monoisotopic (exact) mass is 244 g/mol.